The molecule has 0 radical (unpaired) electrons. The van der Waals surface area contributed by atoms with E-state index in [0.717, 1.165) is 5.56 Å². The molecule has 66 valence electrons. The standard InChI is InChI=1S/C9H8N2O2/c10-7-3-1-6(2-4-7)8-5-9(12)13-11-8/h1-4H,5,10H2. The Morgan fingerprint density at radius 2 is 2.00 bits per heavy atom. The summed E-state index contributed by atoms with van der Waals surface area (Å²) in [6.07, 6.45) is 0.240. The van der Waals surface area contributed by atoms with Crippen LogP contribution in [0.3, 0.4) is 0 Å². The lowest BCUT2D eigenvalue weighted by Gasteiger charge is -1.97. The summed E-state index contributed by atoms with van der Waals surface area (Å²) in [4.78, 5) is 15.2. The number of carbonyl (C=O) groups is 1. The van der Waals surface area contributed by atoms with E-state index >= 15 is 0 Å². The van der Waals surface area contributed by atoms with Crippen LogP contribution in [0.5, 0.6) is 0 Å². The molecule has 1 aromatic rings. The third-order valence-electron chi connectivity index (χ3n) is 1.81. The maximum atomic E-state index is 10.7. The number of hydrogen-bond acceptors (Lipinski definition) is 4. The molecule has 2 rings (SSSR count). The Kier molecular flexibility index (Phi) is 1.73. The van der Waals surface area contributed by atoms with E-state index in [1.807, 2.05) is 12.1 Å². The SMILES string of the molecule is Nc1ccc(C2=NOC(=O)C2)cc1. The van der Waals surface area contributed by atoms with Crippen LogP contribution in [-0.2, 0) is 9.63 Å². The number of rotatable bonds is 1. The van der Waals surface area contributed by atoms with Gasteiger partial charge < -0.3 is 10.6 Å². The van der Waals surface area contributed by atoms with Gasteiger partial charge in [-0.3, -0.25) is 0 Å². The third-order valence-corrected chi connectivity index (χ3v) is 1.81. The second-order valence-corrected chi connectivity index (χ2v) is 2.80. The number of oxime groups is 1. The Balaban J connectivity index is 2.27. The van der Waals surface area contributed by atoms with Crippen LogP contribution in [-0.4, -0.2) is 11.7 Å². The maximum absolute atomic E-state index is 10.7. The highest BCUT2D eigenvalue weighted by Gasteiger charge is 2.18. The molecule has 4 heteroatoms. The first-order chi connectivity index (χ1) is 6.25. The van der Waals surface area contributed by atoms with E-state index in [1.165, 1.54) is 0 Å². The fourth-order valence-corrected chi connectivity index (χ4v) is 1.14. The van der Waals surface area contributed by atoms with Crippen molar-refractivity contribution in [2.24, 2.45) is 5.16 Å². The predicted octanol–water partition coefficient (Wildman–Crippen LogP) is 0.920. The lowest BCUT2D eigenvalue weighted by Crippen LogP contribution is -2.00. The molecular formula is C9H8N2O2. The van der Waals surface area contributed by atoms with Crippen LogP contribution in [0.15, 0.2) is 29.4 Å². The largest absolute Gasteiger partial charge is 0.399 e. The summed E-state index contributed by atoms with van der Waals surface area (Å²) in [5.74, 6) is -0.313. The first-order valence-corrected chi connectivity index (χ1v) is 3.88. The van der Waals surface area contributed by atoms with Crippen LogP contribution in [0, 0.1) is 0 Å². The molecule has 0 aromatic heterocycles. The van der Waals surface area contributed by atoms with Crippen molar-refractivity contribution in [3.05, 3.63) is 29.8 Å². The number of nitrogens with zero attached hydrogens (tertiary/aromatic N) is 1. The zero-order valence-electron chi connectivity index (χ0n) is 6.86. The Hall–Kier alpha value is -1.84. The van der Waals surface area contributed by atoms with E-state index in [4.69, 9.17) is 5.73 Å². The summed E-state index contributed by atoms with van der Waals surface area (Å²) in [7, 11) is 0. The number of benzene rings is 1. The second kappa shape index (κ2) is 2.90. The van der Waals surface area contributed by atoms with E-state index in [9.17, 15) is 4.79 Å². The lowest BCUT2D eigenvalue weighted by atomic mass is 10.1. The van der Waals surface area contributed by atoms with Crippen molar-refractivity contribution in [2.45, 2.75) is 6.42 Å². The molecule has 1 aliphatic rings. The third kappa shape index (κ3) is 1.51. The van der Waals surface area contributed by atoms with Crippen molar-refractivity contribution >= 4 is 17.4 Å². The fourth-order valence-electron chi connectivity index (χ4n) is 1.14. The highest BCUT2D eigenvalue weighted by atomic mass is 16.7. The Labute approximate surface area is 75.0 Å². The van der Waals surface area contributed by atoms with Gasteiger partial charge in [-0.2, -0.15) is 0 Å². The minimum atomic E-state index is -0.313. The number of hydrogen-bond donors (Lipinski definition) is 1. The van der Waals surface area contributed by atoms with Crippen LogP contribution in [0.4, 0.5) is 5.69 Å². The molecule has 1 aromatic carbocycles. The maximum Gasteiger partial charge on any atom is 0.341 e. The normalized spacial score (nSPS) is 15.4. The molecule has 13 heavy (non-hydrogen) atoms. The summed E-state index contributed by atoms with van der Waals surface area (Å²) < 4.78 is 0. The predicted molar refractivity (Wildman–Crippen MR) is 48.1 cm³/mol. The summed E-state index contributed by atoms with van der Waals surface area (Å²) in [5.41, 5.74) is 7.74. The van der Waals surface area contributed by atoms with Crippen LogP contribution in [0.25, 0.3) is 0 Å². The molecule has 0 spiro atoms. The molecule has 0 unspecified atom stereocenters. The van der Waals surface area contributed by atoms with Gasteiger partial charge in [0.1, 0.15) is 0 Å². The monoisotopic (exact) mass is 176 g/mol. The highest BCUT2D eigenvalue weighted by Crippen LogP contribution is 2.13. The van der Waals surface area contributed by atoms with Crippen molar-refractivity contribution in [1.82, 2.24) is 0 Å². The number of carbonyl (C=O) groups excluding carboxylic acids is 1. The molecule has 1 aliphatic heterocycles. The van der Waals surface area contributed by atoms with E-state index < -0.39 is 0 Å². The highest BCUT2D eigenvalue weighted by molar-refractivity contribution is 6.11. The quantitative estimate of drug-likeness (QED) is 0.511. The molecule has 0 saturated heterocycles. The van der Waals surface area contributed by atoms with Crippen molar-refractivity contribution in [3.8, 4) is 0 Å². The van der Waals surface area contributed by atoms with Crippen LogP contribution < -0.4 is 5.73 Å². The van der Waals surface area contributed by atoms with E-state index in [-0.39, 0.29) is 12.4 Å². The van der Waals surface area contributed by atoms with Gasteiger partial charge in [0.2, 0.25) is 0 Å². The number of nitrogen functional groups attached to an aromatic ring is 1. The Morgan fingerprint density at radius 3 is 2.54 bits per heavy atom. The molecule has 0 saturated carbocycles. The van der Waals surface area contributed by atoms with Gasteiger partial charge in [-0.1, -0.05) is 17.3 Å². The minimum absolute atomic E-state index is 0.240. The van der Waals surface area contributed by atoms with Crippen LogP contribution in [0.1, 0.15) is 12.0 Å². The number of anilines is 1. The fraction of sp³-hybridized carbons (Fsp3) is 0.111. The molecule has 1 heterocycles. The lowest BCUT2D eigenvalue weighted by molar-refractivity contribution is -0.140. The Bertz CT molecular complexity index is 368. The summed E-state index contributed by atoms with van der Waals surface area (Å²) in [5, 5.41) is 3.64. The number of nitrogens with two attached hydrogens (primary N) is 1. The van der Waals surface area contributed by atoms with Gasteiger partial charge in [0.15, 0.2) is 0 Å². The smallest absolute Gasteiger partial charge is 0.341 e. The zero-order valence-corrected chi connectivity index (χ0v) is 6.86. The van der Waals surface area contributed by atoms with Gasteiger partial charge in [0.25, 0.3) is 0 Å². The van der Waals surface area contributed by atoms with Gasteiger partial charge >= 0.3 is 5.97 Å². The van der Waals surface area contributed by atoms with E-state index in [0.29, 0.717) is 11.4 Å². The molecule has 2 N–H and O–H groups in total. The average Bonchev–Trinajstić information content (AvgIpc) is 2.53. The van der Waals surface area contributed by atoms with Crippen molar-refractivity contribution < 1.29 is 9.63 Å². The average molecular weight is 176 g/mol. The molecule has 0 atom stereocenters. The van der Waals surface area contributed by atoms with E-state index in [2.05, 4.69) is 9.99 Å². The zero-order chi connectivity index (χ0) is 9.26. The molecule has 0 bridgehead atoms. The molecule has 4 nitrogen and oxygen atoms in total. The van der Waals surface area contributed by atoms with Gasteiger partial charge in [-0.05, 0) is 12.1 Å². The first kappa shape index (κ1) is 7.79. The Morgan fingerprint density at radius 1 is 1.31 bits per heavy atom. The molecule has 0 amide bonds. The van der Waals surface area contributed by atoms with Crippen molar-refractivity contribution in [3.63, 3.8) is 0 Å². The van der Waals surface area contributed by atoms with Gasteiger partial charge in [-0.25, -0.2) is 4.79 Å². The first-order valence-electron chi connectivity index (χ1n) is 3.88. The summed E-state index contributed by atoms with van der Waals surface area (Å²) >= 11 is 0. The van der Waals surface area contributed by atoms with Gasteiger partial charge in [0, 0.05) is 11.3 Å². The van der Waals surface area contributed by atoms with Crippen molar-refractivity contribution in [1.29, 1.82) is 0 Å². The molecule has 0 fully saturated rings. The topological polar surface area (TPSA) is 64.7 Å². The van der Waals surface area contributed by atoms with Crippen LogP contribution >= 0.6 is 0 Å². The van der Waals surface area contributed by atoms with Gasteiger partial charge in [0.05, 0.1) is 12.1 Å². The van der Waals surface area contributed by atoms with Crippen LogP contribution in [0.2, 0.25) is 0 Å². The molecular weight excluding hydrogens is 168 g/mol. The second-order valence-electron chi connectivity index (χ2n) is 2.80. The summed E-state index contributed by atoms with van der Waals surface area (Å²) in [6, 6.07) is 7.16. The molecule has 0 aliphatic carbocycles. The van der Waals surface area contributed by atoms with Crippen molar-refractivity contribution in [2.75, 3.05) is 5.73 Å². The van der Waals surface area contributed by atoms with E-state index in [1.54, 1.807) is 12.1 Å². The minimum Gasteiger partial charge on any atom is -0.399 e. The van der Waals surface area contributed by atoms with Gasteiger partial charge in [-0.15, -0.1) is 0 Å². The summed E-state index contributed by atoms with van der Waals surface area (Å²) in [6.45, 7) is 0.